The summed E-state index contributed by atoms with van der Waals surface area (Å²) in [5.41, 5.74) is 6.70. The van der Waals surface area contributed by atoms with E-state index in [1.54, 1.807) is 6.07 Å². The van der Waals surface area contributed by atoms with Crippen molar-refractivity contribution in [2.45, 2.75) is 64.3 Å². The van der Waals surface area contributed by atoms with Crippen molar-refractivity contribution in [2.24, 2.45) is 5.73 Å². The maximum atomic E-state index is 13.6. The van der Waals surface area contributed by atoms with Gasteiger partial charge in [0.25, 0.3) is 0 Å². The summed E-state index contributed by atoms with van der Waals surface area (Å²) in [6.45, 7) is 4.24. The van der Waals surface area contributed by atoms with Gasteiger partial charge in [0.15, 0.2) is 0 Å². The third-order valence-corrected chi connectivity index (χ3v) is 3.40. The van der Waals surface area contributed by atoms with Crippen LogP contribution >= 0.6 is 0 Å². The van der Waals surface area contributed by atoms with Crippen molar-refractivity contribution >= 4 is 0 Å². The first-order valence-corrected chi connectivity index (χ1v) is 7.07. The highest BCUT2D eigenvalue weighted by molar-refractivity contribution is 5.19. The monoisotopic (exact) mass is 251 g/mol. The van der Waals surface area contributed by atoms with Crippen molar-refractivity contribution in [2.75, 3.05) is 0 Å². The van der Waals surface area contributed by atoms with Gasteiger partial charge in [-0.15, -0.1) is 0 Å². The van der Waals surface area contributed by atoms with Crippen LogP contribution in [0.1, 0.15) is 57.9 Å². The number of hydrogen-bond donors (Lipinski definition) is 1. The highest BCUT2D eigenvalue weighted by Crippen LogP contribution is 2.20. The summed E-state index contributed by atoms with van der Waals surface area (Å²) in [5, 5.41) is 0. The Morgan fingerprint density at radius 3 is 2.44 bits per heavy atom. The van der Waals surface area contributed by atoms with Crippen LogP contribution in [-0.4, -0.2) is 5.54 Å². The zero-order valence-electron chi connectivity index (χ0n) is 11.7. The van der Waals surface area contributed by atoms with Crippen molar-refractivity contribution in [3.8, 4) is 0 Å². The molecule has 1 atom stereocenters. The maximum Gasteiger partial charge on any atom is 0.126 e. The summed E-state index contributed by atoms with van der Waals surface area (Å²) in [5.74, 6) is -0.139. The summed E-state index contributed by atoms with van der Waals surface area (Å²) in [6, 6.07) is 6.93. The van der Waals surface area contributed by atoms with Crippen LogP contribution in [0.3, 0.4) is 0 Å². The van der Waals surface area contributed by atoms with Crippen LogP contribution in [-0.2, 0) is 6.42 Å². The Morgan fingerprint density at radius 2 is 1.78 bits per heavy atom. The van der Waals surface area contributed by atoms with E-state index in [1.807, 2.05) is 19.1 Å². The van der Waals surface area contributed by atoms with Crippen LogP contribution in [0.5, 0.6) is 0 Å². The van der Waals surface area contributed by atoms with E-state index in [2.05, 4.69) is 6.92 Å². The molecule has 1 aromatic rings. The molecule has 1 nitrogen and oxygen atoms in total. The van der Waals surface area contributed by atoms with E-state index in [1.165, 1.54) is 31.7 Å². The number of benzene rings is 1. The van der Waals surface area contributed by atoms with E-state index in [0.29, 0.717) is 6.42 Å². The average Bonchev–Trinajstić information content (AvgIpc) is 2.31. The molecule has 0 saturated heterocycles. The minimum Gasteiger partial charge on any atom is -0.325 e. The number of halogens is 1. The molecule has 18 heavy (non-hydrogen) atoms. The van der Waals surface area contributed by atoms with Crippen molar-refractivity contribution in [1.82, 2.24) is 0 Å². The van der Waals surface area contributed by atoms with Crippen molar-refractivity contribution in [3.63, 3.8) is 0 Å². The molecule has 2 N–H and O–H groups in total. The molecule has 0 heterocycles. The molecule has 0 aliphatic heterocycles. The fourth-order valence-electron chi connectivity index (χ4n) is 2.30. The van der Waals surface area contributed by atoms with Crippen molar-refractivity contribution in [3.05, 3.63) is 35.6 Å². The Kier molecular flexibility index (Phi) is 6.34. The van der Waals surface area contributed by atoms with Gasteiger partial charge in [-0.05, 0) is 31.4 Å². The summed E-state index contributed by atoms with van der Waals surface area (Å²) >= 11 is 0. The Morgan fingerprint density at radius 1 is 1.11 bits per heavy atom. The molecule has 0 amide bonds. The average molecular weight is 251 g/mol. The maximum absolute atomic E-state index is 13.6. The van der Waals surface area contributed by atoms with Gasteiger partial charge in [-0.2, -0.15) is 0 Å². The van der Waals surface area contributed by atoms with Crippen LogP contribution in [0.25, 0.3) is 0 Å². The first-order valence-electron chi connectivity index (χ1n) is 7.07. The topological polar surface area (TPSA) is 26.0 Å². The third-order valence-electron chi connectivity index (χ3n) is 3.40. The van der Waals surface area contributed by atoms with E-state index in [4.69, 9.17) is 5.73 Å². The van der Waals surface area contributed by atoms with Crippen LogP contribution in [0.4, 0.5) is 4.39 Å². The van der Waals surface area contributed by atoms with E-state index < -0.39 is 0 Å². The summed E-state index contributed by atoms with van der Waals surface area (Å²) in [6.07, 6.45) is 7.80. The molecule has 1 rings (SSSR count). The van der Waals surface area contributed by atoms with Crippen molar-refractivity contribution < 1.29 is 4.39 Å². The number of rotatable bonds is 8. The van der Waals surface area contributed by atoms with Gasteiger partial charge in [-0.25, -0.2) is 4.39 Å². The SMILES string of the molecule is CCCCCCCC(C)(N)Cc1ccccc1F. The molecule has 0 fully saturated rings. The minimum atomic E-state index is -0.297. The standard InChI is InChI=1S/C16H26FN/c1-3-4-5-6-9-12-16(2,18)13-14-10-7-8-11-15(14)17/h7-8,10-11H,3-6,9,12-13,18H2,1-2H3. The normalized spacial score (nSPS) is 14.4. The third kappa shape index (κ3) is 5.63. The van der Waals surface area contributed by atoms with Gasteiger partial charge >= 0.3 is 0 Å². The molecule has 1 aromatic carbocycles. The van der Waals surface area contributed by atoms with Crippen LogP contribution < -0.4 is 5.73 Å². The van der Waals surface area contributed by atoms with Crippen LogP contribution in [0, 0.1) is 5.82 Å². The van der Waals surface area contributed by atoms with Gasteiger partial charge in [0.1, 0.15) is 5.82 Å². The predicted molar refractivity (Wildman–Crippen MR) is 76.1 cm³/mol. The van der Waals surface area contributed by atoms with E-state index in [-0.39, 0.29) is 11.4 Å². The Balaban J connectivity index is 2.37. The molecule has 0 radical (unpaired) electrons. The van der Waals surface area contributed by atoms with Gasteiger partial charge in [-0.1, -0.05) is 57.2 Å². The van der Waals surface area contributed by atoms with Gasteiger partial charge < -0.3 is 5.73 Å². The highest BCUT2D eigenvalue weighted by atomic mass is 19.1. The van der Waals surface area contributed by atoms with E-state index >= 15 is 0 Å². The minimum absolute atomic E-state index is 0.139. The van der Waals surface area contributed by atoms with Crippen LogP contribution in [0.2, 0.25) is 0 Å². The Bertz CT molecular complexity index is 347. The second-order valence-corrected chi connectivity index (χ2v) is 5.59. The lowest BCUT2D eigenvalue weighted by molar-refractivity contribution is 0.398. The summed E-state index contributed by atoms with van der Waals surface area (Å²) in [4.78, 5) is 0. The molecular weight excluding hydrogens is 225 g/mol. The quantitative estimate of drug-likeness (QED) is 0.679. The van der Waals surface area contributed by atoms with Crippen LogP contribution in [0.15, 0.2) is 24.3 Å². The Hall–Kier alpha value is -0.890. The zero-order valence-corrected chi connectivity index (χ0v) is 11.7. The van der Waals surface area contributed by atoms with Gasteiger partial charge in [0.2, 0.25) is 0 Å². The Labute approximate surface area is 111 Å². The molecule has 0 saturated carbocycles. The van der Waals surface area contributed by atoms with E-state index in [0.717, 1.165) is 18.4 Å². The lowest BCUT2D eigenvalue weighted by Crippen LogP contribution is -2.38. The summed E-state index contributed by atoms with van der Waals surface area (Å²) < 4.78 is 13.6. The molecule has 2 heteroatoms. The van der Waals surface area contributed by atoms with Gasteiger partial charge in [-0.3, -0.25) is 0 Å². The van der Waals surface area contributed by atoms with E-state index in [9.17, 15) is 4.39 Å². The molecule has 0 aliphatic carbocycles. The molecule has 102 valence electrons. The van der Waals surface area contributed by atoms with Gasteiger partial charge in [0, 0.05) is 5.54 Å². The molecule has 0 bridgehead atoms. The molecular formula is C16H26FN. The van der Waals surface area contributed by atoms with Gasteiger partial charge in [0.05, 0.1) is 0 Å². The second kappa shape index (κ2) is 7.52. The molecule has 0 aliphatic rings. The number of unbranched alkanes of at least 4 members (excludes halogenated alkanes) is 4. The summed E-state index contributed by atoms with van der Waals surface area (Å²) in [7, 11) is 0. The first-order chi connectivity index (χ1) is 8.55. The zero-order chi connectivity index (χ0) is 13.4. The lowest BCUT2D eigenvalue weighted by Gasteiger charge is -2.25. The van der Waals surface area contributed by atoms with Crippen molar-refractivity contribution in [1.29, 1.82) is 0 Å². The molecule has 1 unspecified atom stereocenters. The fourth-order valence-corrected chi connectivity index (χ4v) is 2.30. The highest BCUT2D eigenvalue weighted by Gasteiger charge is 2.20. The smallest absolute Gasteiger partial charge is 0.126 e. The molecule has 0 aromatic heterocycles. The number of nitrogens with two attached hydrogens (primary N) is 1. The second-order valence-electron chi connectivity index (χ2n) is 5.59. The largest absolute Gasteiger partial charge is 0.325 e. The lowest BCUT2D eigenvalue weighted by atomic mass is 9.88. The fraction of sp³-hybridized carbons (Fsp3) is 0.625. The first kappa shape index (κ1) is 15.2. The molecule has 0 spiro atoms. The predicted octanol–water partition coefficient (Wildman–Crippen LogP) is 4.45. The number of hydrogen-bond acceptors (Lipinski definition) is 1.